The van der Waals surface area contributed by atoms with Gasteiger partial charge in [0.05, 0.1) is 7.11 Å². The number of hydrogen-bond acceptors (Lipinski definition) is 3. The van der Waals surface area contributed by atoms with Crippen molar-refractivity contribution in [2.45, 2.75) is 19.9 Å². The fourth-order valence-electron chi connectivity index (χ4n) is 1.71. The van der Waals surface area contributed by atoms with Crippen LogP contribution >= 0.6 is 0 Å². The molecule has 0 aromatic heterocycles. The zero-order chi connectivity index (χ0) is 16.0. The summed E-state index contributed by atoms with van der Waals surface area (Å²) in [5.41, 5.74) is 0.487. The van der Waals surface area contributed by atoms with Crippen molar-refractivity contribution in [1.82, 2.24) is 4.90 Å². The number of carboxylic acid groups (broad SMARTS) is 1. The predicted molar refractivity (Wildman–Crippen MR) is 76.5 cm³/mol. The van der Waals surface area contributed by atoms with E-state index in [1.807, 2.05) is 0 Å². The number of rotatable bonds is 6. The van der Waals surface area contributed by atoms with Crippen molar-refractivity contribution in [3.63, 3.8) is 0 Å². The zero-order valence-electron chi connectivity index (χ0n) is 12.2. The number of benzene rings is 1. The van der Waals surface area contributed by atoms with Gasteiger partial charge in [0.1, 0.15) is 6.54 Å². The normalized spacial score (nSPS) is 10.9. The van der Waals surface area contributed by atoms with Crippen molar-refractivity contribution in [3.8, 4) is 5.75 Å². The first-order valence-corrected chi connectivity index (χ1v) is 6.39. The van der Waals surface area contributed by atoms with Gasteiger partial charge in [0, 0.05) is 12.1 Å². The lowest BCUT2D eigenvalue weighted by Gasteiger charge is -2.23. The molecule has 0 aliphatic carbocycles. The van der Waals surface area contributed by atoms with Crippen LogP contribution in [-0.2, 0) is 9.59 Å². The summed E-state index contributed by atoms with van der Waals surface area (Å²) in [4.78, 5) is 23.9. The predicted octanol–water partition coefficient (Wildman–Crippen LogP) is 2.17. The summed E-state index contributed by atoms with van der Waals surface area (Å²) in [6.45, 7) is 3.07. The SMILES string of the molecule is COc1ccc(/C=C\C(=O)N(CC(=O)O)C(C)C)cc1F. The van der Waals surface area contributed by atoms with E-state index in [1.54, 1.807) is 19.9 Å². The Balaban J connectivity index is 2.85. The van der Waals surface area contributed by atoms with Crippen LogP contribution in [-0.4, -0.2) is 41.6 Å². The Morgan fingerprint density at radius 3 is 2.57 bits per heavy atom. The largest absolute Gasteiger partial charge is 0.494 e. The highest BCUT2D eigenvalue weighted by Gasteiger charge is 2.17. The summed E-state index contributed by atoms with van der Waals surface area (Å²) in [6.07, 6.45) is 2.66. The first-order chi connectivity index (χ1) is 9.85. The van der Waals surface area contributed by atoms with E-state index < -0.39 is 17.7 Å². The maximum absolute atomic E-state index is 13.5. The molecule has 0 heterocycles. The Labute approximate surface area is 122 Å². The van der Waals surface area contributed by atoms with Gasteiger partial charge in [-0.1, -0.05) is 6.07 Å². The van der Waals surface area contributed by atoms with Gasteiger partial charge >= 0.3 is 5.97 Å². The van der Waals surface area contributed by atoms with Gasteiger partial charge in [0.2, 0.25) is 5.91 Å². The van der Waals surface area contributed by atoms with Gasteiger partial charge in [-0.25, -0.2) is 4.39 Å². The number of hydrogen-bond donors (Lipinski definition) is 1. The molecule has 0 radical (unpaired) electrons. The van der Waals surface area contributed by atoms with Crippen LogP contribution < -0.4 is 4.74 Å². The molecule has 1 aromatic rings. The fourth-order valence-corrected chi connectivity index (χ4v) is 1.71. The van der Waals surface area contributed by atoms with Crippen LogP contribution in [0.3, 0.4) is 0 Å². The van der Waals surface area contributed by atoms with E-state index in [9.17, 15) is 14.0 Å². The van der Waals surface area contributed by atoms with Crippen LogP contribution in [0.5, 0.6) is 5.75 Å². The molecule has 5 nitrogen and oxygen atoms in total. The molecule has 6 heteroatoms. The van der Waals surface area contributed by atoms with Crippen LogP contribution in [0, 0.1) is 5.82 Å². The molecule has 1 aromatic carbocycles. The first kappa shape index (κ1) is 16.7. The van der Waals surface area contributed by atoms with Crippen molar-refractivity contribution < 1.29 is 23.8 Å². The number of nitrogens with zero attached hydrogens (tertiary/aromatic N) is 1. The second kappa shape index (κ2) is 7.42. The molecule has 114 valence electrons. The summed E-state index contributed by atoms with van der Waals surface area (Å²) in [5.74, 6) is -1.93. The van der Waals surface area contributed by atoms with Gasteiger partial charge in [0.25, 0.3) is 0 Å². The van der Waals surface area contributed by atoms with Gasteiger partial charge in [0.15, 0.2) is 11.6 Å². The number of carbonyl (C=O) groups is 2. The van der Waals surface area contributed by atoms with Crippen molar-refractivity contribution in [2.75, 3.05) is 13.7 Å². The molecule has 0 atom stereocenters. The van der Waals surface area contributed by atoms with Crippen LogP contribution in [0.4, 0.5) is 4.39 Å². The van der Waals surface area contributed by atoms with E-state index in [0.717, 1.165) is 0 Å². The minimum absolute atomic E-state index is 0.119. The quantitative estimate of drug-likeness (QED) is 0.817. The van der Waals surface area contributed by atoms with Gasteiger partial charge in [-0.2, -0.15) is 0 Å². The van der Waals surface area contributed by atoms with Crippen LogP contribution in [0.2, 0.25) is 0 Å². The first-order valence-electron chi connectivity index (χ1n) is 6.39. The zero-order valence-corrected chi connectivity index (χ0v) is 12.2. The third kappa shape index (κ3) is 4.91. The molecule has 0 spiro atoms. The average Bonchev–Trinajstić information content (AvgIpc) is 2.41. The van der Waals surface area contributed by atoms with E-state index in [2.05, 4.69) is 0 Å². The van der Waals surface area contributed by atoms with E-state index in [0.29, 0.717) is 5.56 Å². The molecule has 0 unspecified atom stereocenters. The Morgan fingerprint density at radius 1 is 1.43 bits per heavy atom. The number of ether oxygens (including phenoxy) is 1. The smallest absolute Gasteiger partial charge is 0.323 e. The summed E-state index contributed by atoms with van der Waals surface area (Å²) >= 11 is 0. The summed E-state index contributed by atoms with van der Waals surface area (Å²) in [5, 5.41) is 8.78. The number of halogens is 1. The molecule has 1 N–H and O–H groups in total. The number of carboxylic acids is 1. The highest BCUT2D eigenvalue weighted by Crippen LogP contribution is 2.18. The lowest BCUT2D eigenvalue weighted by molar-refractivity contribution is -0.143. The summed E-state index contributed by atoms with van der Waals surface area (Å²) < 4.78 is 18.3. The second-order valence-electron chi connectivity index (χ2n) is 4.68. The molecule has 21 heavy (non-hydrogen) atoms. The second-order valence-corrected chi connectivity index (χ2v) is 4.68. The van der Waals surface area contributed by atoms with Crippen molar-refractivity contribution >= 4 is 18.0 Å². The molecule has 0 saturated heterocycles. The minimum Gasteiger partial charge on any atom is -0.494 e. The maximum atomic E-state index is 13.5. The maximum Gasteiger partial charge on any atom is 0.323 e. The van der Waals surface area contributed by atoms with Gasteiger partial charge < -0.3 is 14.7 Å². The summed E-state index contributed by atoms with van der Waals surface area (Å²) in [7, 11) is 1.36. The molecule has 0 fully saturated rings. The summed E-state index contributed by atoms with van der Waals surface area (Å²) in [6, 6.07) is 4.05. The highest BCUT2D eigenvalue weighted by molar-refractivity contribution is 5.93. The van der Waals surface area contributed by atoms with Crippen LogP contribution in [0.1, 0.15) is 19.4 Å². The third-order valence-corrected chi connectivity index (χ3v) is 2.81. The Bertz CT molecular complexity index is 555. The molecular formula is C15H18FNO4. The van der Waals surface area contributed by atoms with Gasteiger partial charge in [-0.3, -0.25) is 9.59 Å². The van der Waals surface area contributed by atoms with E-state index >= 15 is 0 Å². The topological polar surface area (TPSA) is 66.8 Å². The van der Waals surface area contributed by atoms with Crippen LogP contribution in [0.25, 0.3) is 6.08 Å². The van der Waals surface area contributed by atoms with Crippen molar-refractivity contribution in [1.29, 1.82) is 0 Å². The Kier molecular flexibility index (Phi) is 5.90. The number of aliphatic carboxylic acids is 1. The van der Waals surface area contributed by atoms with Crippen molar-refractivity contribution in [3.05, 3.63) is 35.7 Å². The minimum atomic E-state index is -1.08. The van der Waals surface area contributed by atoms with Crippen LogP contribution in [0.15, 0.2) is 24.3 Å². The number of amides is 1. The Hall–Kier alpha value is -2.37. The Morgan fingerprint density at radius 2 is 2.10 bits per heavy atom. The monoisotopic (exact) mass is 295 g/mol. The van der Waals surface area contributed by atoms with E-state index in [-0.39, 0.29) is 18.3 Å². The van der Waals surface area contributed by atoms with Gasteiger partial charge in [-0.05, 0) is 37.6 Å². The average molecular weight is 295 g/mol. The lowest BCUT2D eigenvalue weighted by atomic mass is 10.2. The fraction of sp³-hybridized carbons (Fsp3) is 0.333. The highest BCUT2D eigenvalue weighted by atomic mass is 19.1. The number of methoxy groups -OCH3 is 1. The van der Waals surface area contributed by atoms with E-state index in [1.165, 1.54) is 36.3 Å². The standard InChI is InChI=1S/C15H18FNO4/c1-10(2)17(9-15(19)20)14(18)7-5-11-4-6-13(21-3)12(16)8-11/h4-8,10H,9H2,1-3H3,(H,19,20)/b7-5-. The molecule has 0 bridgehead atoms. The molecule has 0 aliphatic rings. The molecule has 0 aliphatic heterocycles. The third-order valence-electron chi connectivity index (χ3n) is 2.81. The molecule has 1 rings (SSSR count). The molecule has 0 saturated carbocycles. The van der Waals surface area contributed by atoms with E-state index in [4.69, 9.17) is 9.84 Å². The molecule has 1 amide bonds. The number of carbonyl (C=O) groups excluding carboxylic acids is 1. The molecular weight excluding hydrogens is 277 g/mol. The van der Waals surface area contributed by atoms with Crippen molar-refractivity contribution in [2.24, 2.45) is 0 Å². The van der Waals surface area contributed by atoms with Gasteiger partial charge in [-0.15, -0.1) is 0 Å². The lowest BCUT2D eigenvalue weighted by Crippen LogP contribution is -2.39.